The average molecular weight is 146 g/mol. The maximum Gasteiger partial charge on any atom is 0.387 e. The zero-order valence-electron chi connectivity index (χ0n) is 6.04. The van der Waals surface area contributed by atoms with Crippen LogP contribution in [0.5, 0.6) is 0 Å². The van der Waals surface area contributed by atoms with Gasteiger partial charge < -0.3 is 5.32 Å². The molecule has 0 aliphatic carbocycles. The van der Waals surface area contributed by atoms with Gasteiger partial charge in [-0.05, 0) is 18.1 Å². The Balaban J connectivity index is 2.51. The van der Waals surface area contributed by atoms with Crippen LogP contribution in [0.4, 0.5) is 11.4 Å². The first-order valence-corrected chi connectivity index (χ1v) is 3.62. The minimum atomic E-state index is 0.609. The molecule has 0 amide bonds. The number of rotatable bonds is 0. The van der Waals surface area contributed by atoms with Crippen LogP contribution in [-0.4, -0.2) is 6.54 Å². The topological polar surface area (TPSA) is 40.2 Å². The average Bonchev–Trinajstić information content (AvgIpc) is 2.50. The SMILES string of the molecule is N#[N+]c1ccc2c(c1)NCC2. The van der Waals surface area contributed by atoms with E-state index in [1.165, 1.54) is 5.56 Å². The fourth-order valence-corrected chi connectivity index (χ4v) is 1.34. The van der Waals surface area contributed by atoms with Crippen molar-refractivity contribution in [3.05, 3.63) is 28.7 Å². The van der Waals surface area contributed by atoms with E-state index in [-0.39, 0.29) is 0 Å². The fourth-order valence-electron chi connectivity index (χ4n) is 1.34. The summed E-state index contributed by atoms with van der Waals surface area (Å²) in [5, 5.41) is 11.7. The minimum absolute atomic E-state index is 0.609. The molecule has 0 bridgehead atoms. The van der Waals surface area contributed by atoms with Crippen LogP contribution >= 0.6 is 0 Å². The summed E-state index contributed by atoms with van der Waals surface area (Å²) in [5.74, 6) is 0. The Hall–Kier alpha value is -1.56. The van der Waals surface area contributed by atoms with E-state index in [9.17, 15) is 0 Å². The summed E-state index contributed by atoms with van der Waals surface area (Å²) in [6.07, 6.45) is 1.07. The molecule has 54 valence electrons. The van der Waals surface area contributed by atoms with Gasteiger partial charge in [0.25, 0.3) is 0 Å². The lowest BCUT2D eigenvalue weighted by Crippen LogP contribution is -1.90. The first-order valence-electron chi connectivity index (χ1n) is 3.62. The van der Waals surface area contributed by atoms with E-state index < -0.39 is 0 Å². The van der Waals surface area contributed by atoms with E-state index in [1.54, 1.807) is 0 Å². The lowest BCUT2D eigenvalue weighted by molar-refractivity contribution is 1.11. The fraction of sp³-hybridized carbons (Fsp3) is 0.250. The Bertz CT molecular complexity index is 325. The highest BCUT2D eigenvalue weighted by atomic mass is 14.9. The molecule has 1 aliphatic heterocycles. The van der Waals surface area contributed by atoms with Crippen molar-refractivity contribution in [3.8, 4) is 0 Å². The molecule has 0 spiro atoms. The van der Waals surface area contributed by atoms with E-state index >= 15 is 0 Å². The monoisotopic (exact) mass is 146 g/mol. The first-order chi connectivity index (χ1) is 5.40. The van der Waals surface area contributed by atoms with Crippen LogP contribution in [0.3, 0.4) is 0 Å². The second-order valence-electron chi connectivity index (χ2n) is 2.62. The number of anilines is 1. The Morgan fingerprint density at radius 2 is 2.36 bits per heavy atom. The lowest BCUT2D eigenvalue weighted by Gasteiger charge is -1.93. The van der Waals surface area contributed by atoms with Crippen molar-refractivity contribution < 1.29 is 0 Å². The predicted molar refractivity (Wildman–Crippen MR) is 43.4 cm³/mol. The lowest BCUT2D eigenvalue weighted by atomic mass is 10.1. The maximum absolute atomic E-state index is 8.47. The molecule has 11 heavy (non-hydrogen) atoms. The number of nitrogens with zero attached hydrogens (tertiary/aromatic N) is 2. The molecule has 1 aromatic rings. The number of nitrogens with one attached hydrogen (secondary N) is 1. The second-order valence-corrected chi connectivity index (χ2v) is 2.62. The van der Waals surface area contributed by atoms with Crippen molar-refractivity contribution in [2.24, 2.45) is 0 Å². The molecular formula is C8H8N3+. The van der Waals surface area contributed by atoms with Gasteiger partial charge >= 0.3 is 5.69 Å². The Kier molecular flexibility index (Phi) is 1.26. The summed E-state index contributed by atoms with van der Waals surface area (Å²) in [4.78, 5) is 3.11. The third kappa shape index (κ3) is 0.926. The highest BCUT2D eigenvalue weighted by Crippen LogP contribution is 2.26. The van der Waals surface area contributed by atoms with Gasteiger partial charge in [-0.3, -0.25) is 0 Å². The summed E-state index contributed by atoms with van der Waals surface area (Å²) in [7, 11) is 0. The van der Waals surface area contributed by atoms with Crippen molar-refractivity contribution in [3.63, 3.8) is 0 Å². The second kappa shape index (κ2) is 2.24. The van der Waals surface area contributed by atoms with Gasteiger partial charge in [0, 0.05) is 18.3 Å². The molecule has 1 heterocycles. The van der Waals surface area contributed by atoms with E-state index in [0.717, 1.165) is 18.7 Å². The molecule has 1 aromatic carbocycles. The predicted octanol–water partition coefficient (Wildman–Crippen LogP) is 2.14. The Morgan fingerprint density at radius 3 is 3.18 bits per heavy atom. The van der Waals surface area contributed by atoms with E-state index in [2.05, 4.69) is 10.3 Å². The molecule has 3 heteroatoms. The van der Waals surface area contributed by atoms with Crippen LogP contribution in [0.1, 0.15) is 5.56 Å². The van der Waals surface area contributed by atoms with E-state index in [0.29, 0.717) is 5.69 Å². The van der Waals surface area contributed by atoms with Crippen LogP contribution < -0.4 is 5.32 Å². The van der Waals surface area contributed by atoms with Crippen LogP contribution in [0.15, 0.2) is 18.2 Å². The van der Waals surface area contributed by atoms with E-state index in [4.69, 9.17) is 5.39 Å². The van der Waals surface area contributed by atoms with Gasteiger partial charge in [-0.2, -0.15) is 0 Å². The highest BCUT2D eigenvalue weighted by Gasteiger charge is 2.13. The molecule has 0 atom stereocenters. The summed E-state index contributed by atoms with van der Waals surface area (Å²) in [6.45, 7) is 0.990. The van der Waals surface area contributed by atoms with Crippen LogP contribution in [0.2, 0.25) is 0 Å². The van der Waals surface area contributed by atoms with Crippen LogP contribution in [-0.2, 0) is 6.42 Å². The molecule has 0 saturated heterocycles. The van der Waals surface area contributed by atoms with Crippen LogP contribution in [0.25, 0.3) is 4.98 Å². The molecule has 0 unspecified atom stereocenters. The van der Waals surface area contributed by atoms with Crippen molar-refractivity contribution in [1.29, 1.82) is 5.39 Å². The van der Waals surface area contributed by atoms with Gasteiger partial charge in [0.15, 0.2) is 4.98 Å². The van der Waals surface area contributed by atoms with Crippen molar-refractivity contribution in [2.45, 2.75) is 6.42 Å². The number of diazo groups is 1. The maximum atomic E-state index is 8.47. The normalized spacial score (nSPS) is 13.4. The number of hydrogen-bond acceptors (Lipinski definition) is 2. The van der Waals surface area contributed by atoms with Gasteiger partial charge in [-0.25, -0.2) is 0 Å². The van der Waals surface area contributed by atoms with Gasteiger partial charge in [0.2, 0.25) is 5.39 Å². The highest BCUT2D eigenvalue weighted by molar-refractivity contribution is 5.63. The van der Waals surface area contributed by atoms with Crippen molar-refractivity contribution in [2.75, 3.05) is 11.9 Å². The summed E-state index contributed by atoms with van der Waals surface area (Å²) < 4.78 is 0. The Morgan fingerprint density at radius 1 is 1.45 bits per heavy atom. The molecule has 0 radical (unpaired) electrons. The smallest absolute Gasteiger partial charge is 0.384 e. The third-order valence-electron chi connectivity index (χ3n) is 1.92. The molecule has 0 fully saturated rings. The third-order valence-corrected chi connectivity index (χ3v) is 1.92. The molecule has 1 N–H and O–H groups in total. The first kappa shape index (κ1) is 6.17. The standard InChI is InChI=1S/C8H8N3/c9-11-7-2-1-6-3-4-10-8(6)5-7/h1-2,5,10H,3-4H2/q+1. The van der Waals surface area contributed by atoms with E-state index in [1.807, 2.05) is 18.2 Å². The quantitative estimate of drug-likeness (QED) is 0.569. The number of hydrogen-bond donors (Lipinski definition) is 1. The summed E-state index contributed by atoms with van der Waals surface area (Å²) in [6, 6.07) is 5.65. The summed E-state index contributed by atoms with van der Waals surface area (Å²) >= 11 is 0. The largest absolute Gasteiger partial charge is 0.387 e. The molecule has 2 rings (SSSR count). The molecule has 1 aliphatic rings. The number of fused-ring (bicyclic) bond motifs is 1. The Labute approximate surface area is 64.7 Å². The zero-order valence-corrected chi connectivity index (χ0v) is 6.04. The number of benzene rings is 1. The van der Waals surface area contributed by atoms with Crippen molar-refractivity contribution >= 4 is 11.4 Å². The van der Waals surface area contributed by atoms with Crippen molar-refractivity contribution in [1.82, 2.24) is 0 Å². The van der Waals surface area contributed by atoms with Gasteiger partial charge in [-0.15, -0.1) is 0 Å². The van der Waals surface area contributed by atoms with Gasteiger partial charge in [0.05, 0.1) is 6.07 Å². The molecule has 3 nitrogen and oxygen atoms in total. The van der Waals surface area contributed by atoms with Crippen LogP contribution in [0, 0.1) is 5.39 Å². The summed E-state index contributed by atoms with van der Waals surface area (Å²) in [5.41, 5.74) is 3.01. The minimum Gasteiger partial charge on any atom is -0.384 e. The molecular weight excluding hydrogens is 138 g/mol. The zero-order chi connectivity index (χ0) is 7.68. The molecule has 0 aromatic heterocycles. The van der Waals surface area contributed by atoms with Gasteiger partial charge in [0.1, 0.15) is 0 Å². The van der Waals surface area contributed by atoms with Gasteiger partial charge in [-0.1, -0.05) is 0 Å². The molecule has 0 saturated carbocycles.